The van der Waals surface area contributed by atoms with E-state index in [1.807, 2.05) is 29.5 Å². The number of ether oxygens (including phenoxy) is 2. The molecule has 0 saturated carbocycles. The molecule has 0 aliphatic carbocycles. The van der Waals surface area contributed by atoms with E-state index in [2.05, 4.69) is 9.97 Å². The molecule has 2 aromatic rings. The molecule has 0 amide bonds. The van der Waals surface area contributed by atoms with Crippen molar-refractivity contribution in [2.75, 3.05) is 14.2 Å². The fourth-order valence-corrected chi connectivity index (χ4v) is 2.50. The Balaban J connectivity index is 2.67. The van der Waals surface area contributed by atoms with Crippen molar-refractivity contribution in [1.82, 2.24) is 9.97 Å². The van der Waals surface area contributed by atoms with Gasteiger partial charge in [0.05, 0.1) is 29.0 Å². The van der Waals surface area contributed by atoms with Gasteiger partial charge in [-0.25, -0.2) is 4.98 Å². The summed E-state index contributed by atoms with van der Waals surface area (Å²) in [4.78, 5) is 19.3. The van der Waals surface area contributed by atoms with E-state index in [9.17, 15) is 4.79 Å². The van der Waals surface area contributed by atoms with Gasteiger partial charge in [0.15, 0.2) is 0 Å². The van der Waals surface area contributed by atoms with Gasteiger partial charge in [-0.05, 0) is 47.2 Å². The summed E-state index contributed by atoms with van der Waals surface area (Å²) in [5.41, 5.74) is 1.33. The topological polar surface area (TPSA) is 64.2 Å². The molecule has 2 rings (SSSR count). The molecule has 0 bridgehead atoms. The van der Waals surface area contributed by atoms with Gasteiger partial charge in [0.25, 0.3) is 5.56 Å². The highest BCUT2D eigenvalue weighted by atomic mass is 127. The summed E-state index contributed by atoms with van der Waals surface area (Å²) >= 11 is 2.01. The number of aromatic nitrogens is 2. The second-order valence-electron chi connectivity index (χ2n) is 4.09. The van der Waals surface area contributed by atoms with E-state index < -0.39 is 0 Å². The molecule has 1 N–H and O–H groups in total. The first kappa shape index (κ1) is 14.8. The maximum atomic E-state index is 12.0. The number of nitrogens with zero attached hydrogens (tertiary/aromatic N) is 1. The molecule has 0 fully saturated rings. The van der Waals surface area contributed by atoms with Gasteiger partial charge < -0.3 is 14.5 Å². The Morgan fingerprint density at radius 3 is 2.65 bits per heavy atom. The molecule has 0 atom stereocenters. The smallest absolute Gasteiger partial charge is 0.264 e. The van der Waals surface area contributed by atoms with E-state index in [-0.39, 0.29) is 5.56 Å². The van der Waals surface area contributed by atoms with Crippen LogP contribution < -0.4 is 15.0 Å². The zero-order valence-electron chi connectivity index (χ0n) is 11.5. The van der Waals surface area contributed by atoms with Gasteiger partial charge in [-0.3, -0.25) is 4.79 Å². The van der Waals surface area contributed by atoms with Gasteiger partial charge in [-0.1, -0.05) is 6.92 Å². The third kappa shape index (κ3) is 2.79. The van der Waals surface area contributed by atoms with Crippen LogP contribution in [0.5, 0.6) is 11.5 Å². The van der Waals surface area contributed by atoms with E-state index in [1.165, 1.54) is 0 Å². The van der Waals surface area contributed by atoms with E-state index in [0.717, 1.165) is 5.69 Å². The van der Waals surface area contributed by atoms with Gasteiger partial charge in [0.1, 0.15) is 17.3 Å². The van der Waals surface area contributed by atoms with Crippen LogP contribution in [0, 0.1) is 3.57 Å². The summed E-state index contributed by atoms with van der Waals surface area (Å²) in [6.45, 7) is 1.97. The molecule has 1 aromatic heterocycles. The predicted octanol–water partition coefficient (Wildman–Crippen LogP) is 2.62. The first-order valence-corrected chi connectivity index (χ1v) is 7.19. The number of methoxy groups -OCH3 is 2. The van der Waals surface area contributed by atoms with Crippen LogP contribution in [0.4, 0.5) is 0 Å². The standard InChI is InChI=1S/C14H15IN2O3/c1-4-10-12(15)14(18)17-13(16-10)9-7-8(19-2)5-6-11(9)20-3/h5-7H,4H2,1-3H3,(H,16,17,18). The van der Waals surface area contributed by atoms with Crippen molar-refractivity contribution < 1.29 is 9.47 Å². The number of rotatable bonds is 4. The fourth-order valence-electron chi connectivity index (χ4n) is 1.87. The Morgan fingerprint density at radius 2 is 2.05 bits per heavy atom. The second kappa shape index (κ2) is 6.25. The Labute approximate surface area is 130 Å². The molecule has 0 saturated heterocycles. The van der Waals surface area contributed by atoms with Crippen LogP contribution in [-0.2, 0) is 6.42 Å². The van der Waals surface area contributed by atoms with E-state index in [4.69, 9.17) is 9.47 Å². The van der Waals surface area contributed by atoms with Crippen molar-refractivity contribution in [2.24, 2.45) is 0 Å². The average molecular weight is 386 g/mol. The summed E-state index contributed by atoms with van der Waals surface area (Å²) in [6, 6.07) is 5.38. The number of hydrogen-bond acceptors (Lipinski definition) is 4. The van der Waals surface area contributed by atoms with Crippen LogP contribution in [0.3, 0.4) is 0 Å². The molecule has 0 radical (unpaired) electrons. The van der Waals surface area contributed by atoms with E-state index >= 15 is 0 Å². The minimum atomic E-state index is -0.141. The van der Waals surface area contributed by atoms with Crippen molar-refractivity contribution in [3.63, 3.8) is 0 Å². The Bertz CT molecular complexity index is 683. The predicted molar refractivity (Wildman–Crippen MR) is 85.5 cm³/mol. The lowest BCUT2D eigenvalue weighted by molar-refractivity contribution is 0.404. The largest absolute Gasteiger partial charge is 0.497 e. The number of aromatic amines is 1. The highest BCUT2D eigenvalue weighted by Crippen LogP contribution is 2.31. The molecule has 20 heavy (non-hydrogen) atoms. The van der Waals surface area contributed by atoms with Gasteiger partial charge in [0.2, 0.25) is 0 Å². The number of halogens is 1. The zero-order valence-corrected chi connectivity index (χ0v) is 13.6. The minimum absolute atomic E-state index is 0.141. The number of nitrogens with one attached hydrogen (secondary N) is 1. The van der Waals surface area contributed by atoms with Crippen LogP contribution in [0.25, 0.3) is 11.4 Å². The molecule has 0 aliphatic rings. The van der Waals surface area contributed by atoms with Crippen molar-refractivity contribution in [3.8, 4) is 22.9 Å². The lowest BCUT2D eigenvalue weighted by atomic mass is 10.1. The zero-order chi connectivity index (χ0) is 14.7. The molecule has 1 aromatic carbocycles. The molecule has 1 heterocycles. The van der Waals surface area contributed by atoms with Gasteiger partial charge in [0, 0.05) is 0 Å². The lowest BCUT2D eigenvalue weighted by Gasteiger charge is -2.11. The van der Waals surface area contributed by atoms with E-state index in [1.54, 1.807) is 32.4 Å². The molecular weight excluding hydrogens is 371 g/mol. The van der Waals surface area contributed by atoms with Crippen LogP contribution in [0.2, 0.25) is 0 Å². The summed E-state index contributed by atoms with van der Waals surface area (Å²) in [5, 5.41) is 0. The highest BCUT2D eigenvalue weighted by molar-refractivity contribution is 14.1. The summed E-state index contributed by atoms with van der Waals surface area (Å²) in [5.74, 6) is 1.81. The van der Waals surface area contributed by atoms with Crippen LogP contribution >= 0.6 is 22.6 Å². The lowest BCUT2D eigenvalue weighted by Crippen LogP contribution is -2.16. The van der Waals surface area contributed by atoms with Crippen molar-refractivity contribution in [2.45, 2.75) is 13.3 Å². The van der Waals surface area contributed by atoms with Crippen LogP contribution in [-0.4, -0.2) is 24.2 Å². The number of H-pyrrole nitrogens is 1. The maximum absolute atomic E-state index is 12.0. The normalized spacial score (nSPS) is 10.4. The quantitative estimate of drug-likeness (QED) is 0.821. The number of aryl methyl sites for hydroxylation is 1. The molecule has 5 nitrogen and oxygen atoms in total. The van der Waals surface area contributed by atoms with Crippen molar-refractivity contribution >= 4 is 22.6 Å². The van der Waals surface area contributed by atoms with Gasteiger partial charge in [-0.15, -0.1) is 0 Å². The molecule has 0 aliphatic heterocycles. The molecule has 0 spiro atoms. The van der Waals surface area contributed by atoms with Crippen LogP contribution in [0.1, 0.15) is 12.6 Å². The van der Waals surface area contributed by atoms with E-state index in [0.29, 0.717) is 32.9 Å². The third-order valence-electron chi connectivity index (χ3n) is 2.93. The first-order valence-electron chi connectivity index (χ1n) is 6.11. The average Bonchev–Trinajstić information content (AvgIpc) is 2.49. The van der Waals surface area contributed by atoms with Crippen molar-refractivity contribution in [3.05, 3.63) is 37.8 Å². The monoisotopic (exact) mass is 386 g/mol. The third-order valence-corrected chi connectivity index (χ3v) is 4.04. The maximum Gasteiger partial charge on any atom is 0.264 e. The SMILES string of the molecule is CCc1nc(-c2cc(OC)ccc2OC)[nH]c(=O)c1I. The first-order chi connectivity index (χ1) is 9.60. The second-order valence-corrected chi connectivity index (χ2v) is 5.17. The minimum Gasteiger partial charge on any atom is -0.497 e. The Kier molecular flexibility index (Phi) is 4.64. The summed E-state index contributed by atoms with van der Waals surface area (Å²) in [7, 11) is 3.17. The number of hydrogen-bond donors (Lipinski definition) is 1. The summed E-state index contributed by atoms with van der Waals surface area (Å²) < 4.78 is 11.2. The molecule has 6 heteroatoms. The number of benzene rings is 1. The Morgan fingerprint density at radius 1 is 1.30 bits per heavy atom. The van der Waals surface area contributed by atoms with Gasteiger partial charge in [-0.2, -0.15) is 0 Å². The summed E-state index contributed by atoms with van der Waals surface area (Å²) in [6.07, 6.45) is 0.696. The Hall–Kier alpha value is -1.57. The molecular formula is C14H15IN2O3. The van der Waals surface area contributed by atoms with Crippen LogP contribution in [0.15, 0.2) is 23.0 Å². The highest BCUT2D eigenvalue weighted by Gasteiger charge is 2.13. The molecule has 106 valence electrons. The molecule has 0 unspecified atom stereocenters. The van der Waals surface area contributed by atoms with Gasteiger partial charge >= 0.3 is 0 Å². The van der Waals surface area contributed by atoms with Crippen molar-refractivity contribution in [1.29, 1.82) is 0 Å². The fraction of sp³-hybridized carbons (Fsp3) is 0.286.